The Kier molecular flexibility index (Phi) is 3.26. The lowest BCUT2D eigenvalue weighted by Crippen LogP contribution is -2.39. The van der Waals surface area contributed by atoms with Gasteiger partial charge in [0.2, 0.25) is 10.0 Å². The summed E-state index contributed by atoms with van der Waals surface area (Å²) >= 11 is 0. The van der Waals surface area contributed by atoms with Gasteiger partial charge in [-0.25, -0.2) is 16.8 Å². The van der Waals surface area contributed by atoms with Gasteiger partial charge in [0.1, 0.15) is 0 Å². The van der Waals surface area contributed by atoms with E-state index in [1.54, 1.807) is 25.1 Å². The SMILES string of the molecule is CC1Cc2cc(N)ccc2N1S(=O)(=O)CS(C)(=O)=O. The fraction of sp³-hybridized carbons (Fsp3) is 0.455. The molecule has 0 radical (unpaired) electrons. The summed E-state index contributed by atoms with van der Waals surface area (Å²) in [6.45, 7) is 1.75. The minimum Gasteiger partial charge on any atom is -0.399 e. The van der Waals surface area contributed by atoms with Crippen LogP contribution >= 0.6 is 0 Å². The number of sulfonamides is 1. The number of fused-ring (bicyclic) bond motifs is 1. The van der Waals surface area contributed by atoms with Gasteiger partial charge < -0.3 is 5.73 Å². The van der Waals surface area contributed by atoms with E-state index in [2.05, 4.69) is 0 Å². The first kappa shape index (κ1) is 14.1. The van der Waals surface area contributed by atoms with Gasteiger partial charge in [-0.15, -0.1) is 0 Å². The monoisotopic (exact) mass is 304 g/mol. The van der Waals surface area contributed by atoms with E-state index in [0.29, 0.717) is 17.8 Å². The topological polar surface area (TPSA) is 97.5 Å². The van der Waals surface area contributed by atoms with E-state index in [0.717, 1.165) is 11.8 Å². The Hall–Kier alpha value is -1.28. The Labute approximate surface area is 113 Å². The van der Waals surface area contributed by atoms with Crippen molar-refractivity contribution in [1.82, 2.24) is 0 Å². The van der Waals surface area contributed by atoms with E-state index >= 15 is 0 Å². The van der Waals surface area contributed by atoms with Gasteiger partial charge in [0.05, 0.1) is 5.69 Å². The molecule has 106 valence electrons. The van der Waals surface area contributed by atoms with E-state index in [1.807, 2.05) is 0 Å². The molecule has 0 amide bonds. The minimum absolute atomic E-state index is 0.302. The van der Waals surface area contributed by atoms with Crippen LogP contribution in [0.1, 0.15) is 12.5 Å². The normalized spacial score (nSPS) is 19.5. The third kappa shape index (κ3) is 2.84. The lowest BCUT2D eigenvalue weighted by Gasteiger charge is -2.23. The lowest BCUT2D eigenvalue weighted by atomic mass is 10.1. The van der Waals surface area contributed by atoms with Gasteiger partial charge in [0.15, 0.2) is 14.9 Å². The number of sulfone groups is 1. The van der Waals surface area contributed by atoms with Crippen molar-refractivity contribution in [2.24, 2.45) is 0 Å². The molecule has 1 atom stereocenters. The number of hydrogen-bond donors (Lipinski definition) is 1. The first-order valence-electron chi connectivity index (χ1n) is 5.68. The number of rotatable bonds is 3. The highest BCUT2D eigenvalue weighted by molar-refractivity contribution is 8.08. The summed E-state index contributed by atoms with van der Waals surface area (Å²) in [6.07, 6.45) is 1.44. The maximum absolute atomic E-state index is 12.2. The average molecular weight is 304 g/mol. The molecule has 6 nitrogen and oxygen atoms in total. The van der Waals surface area contributed by atoms with Crippen LogP contribution in [0.4, 0.5) is 11.4 Å². The van der Waals surface area contributed by atoms with Gasteiger partial charge in [0.25, 0.3) is 0 Å². The molecule has 1 aliphatic heterocycles. The molecule has 0 aliphatic carbocycles. The third-order valence-corrected chi connectivity index (χ3v) is 6.98. The van der Waals surface area contributed by atoms with Crippen LogP contribution in [-0.4, -0.2) is 34.2 Å². The van der Waals surface area contributed by atoms with Gasteiger partial charge in [-0.05, 0) is 37.1 Å². The lowest BCUT2D eigenvalue weighted by molar-refractivity contribution is 0.583. The summed E-state index contributed by atoms with van der Waals surface area (Å²) in [5.74, 6) is 0. The number of nitrogen functional groups attached to an aromatic ring is 1. The minimum atomic E-state index is -3.89. The molecular formula is C11H16N2O4S2. The largest absolute Gasteiger partial charge is 0.399 e. The molecule has 0 fully saturated rings. The van der Waals surface area contributed by atoms with E-state index in [9.17, 15) is 16.8 Å². The first-order chi connectivity index (χ1) is 8.60. The molecule has 0 spiro atoms. The van der Waals surface area contributed by atoms with Crippen molar-refractivity contribution >= 4 is 31.2 Å². The van der Waals surface area contributed by atoms with E-state index in [1.165, 1.54) is 4.31 Å². The fourth-order valence-corrected chi connectivity index (χ4v) is 6.09. The zero-order valence-corrected chi connectivity index (χ0v) is 12.3. The molecule has 1 aromatic rings. The van der Waals surface area contributed by atoms with E-state index in [-0.39, 0.29) is 6.04 Å². The van der Waals surface area contributed by atoms with Gasteiger partial charge >= 0.3 is 0 Å². The maximum Gasteiger partial charge on any atom is 0.249 e. The fourth-order valence-electron chi connectivity index (χ4n) is 2.37. The summed E-state index contributed by atoms with van der Waals surface area (Å²) in [4.78, 5) is 0. The van der Waals surface area contributed by atoms with E-state index < -0.39 is 24.9 Å². The summed E-state index contributed by atoms with van der Waals surface area (Å²) in [5, 5.41) is -0.881. The number of anilines is 2. The van der Waals surface area contributed by atoms with Crippen molar-refractivity contribution in [2.45, 2.75) is 19.4 Å². The Morgan fingerprint density at radius 2 is 1.95 bits per heavy atom. The van der Waals surface area contributed by atoms with Crippen LogP contribution in [0.5, 0.6) is 0 Å². The molecule has 0 saturated heterocycles. The summed E-state index contributed by atoms with van der Waals surface area (Å²) in [5.41, 5.74) is 7.57. The van der Waals surface area contributed by atoms with Gasteiger partial charge in [-0.1, -0.05) is 0 Å². The van der Waals surface area contributed by atoms with Crippen LogP contribution in [0.25, 0.3) is 0 Å². The smallest absolute Gasteiger partial charge is 0.249 e. The van der Waals surface area contributed by atoms with Crippen LogP contribution in [0.15, 0.2) is 18.2 Å². The van der Waals surface area contributed by atoms with Crippen molar-refractivity contribution in [1.29, 1.82) is 0 Å². The predicted octanol–water partition coefficient (Wildman–Crippen LogP) is 0.352. The van der Waals surface area contributed by atoms with Crippen LogP contribution in [-0.2, 0) is 26.3 Å². The molecule has 2 rings (SSSR count). The number of nitrogens with two attached hydrogens (primary N) is 1. The average Bonchev–Trinajstić information content (AvgIpc) is 2.49. The standard InChI is InChI=1S/C11H16N2O4S2/c1-8-5-9-6-10(12)3-4-11(9)13(8)19(16,17)7-18(2,14)15/h3-4,6,8H,5,7,12H2,1-2H3. The first-order valence-corrected chi connectivity index (χ1v) is 9.35. The van der Waals surface area contributed by atoms with Crippen molar-refractivity contribution in [3.05, 3.63) is 23.8 Å². The van der Waals surface area contributed by atoms with Crippen molar-refractivity contribution < 1.29 is 16.8 Å². The van der Waals surface area contributed by atoms with Gasteiger partial charge in [-0.3, -0.25) is 4.31 Å². The zero-order chi connectivity index (χ0) is 14.4. The quantitative estimate of drug-likeness (QED) is 0.813. The highest BCUT2D eigenvalue weighted by atomic mass is 32.3. The third-order valence-electron chi connectivity index (χ3n) is 2.92. The summed E-state index contributed by atoms with van der Waals surface area (Å²) in [7, 11) is -7.50. The molecule has 1 aromatic carbocycles. The zero-order valence-electron chi connectivity index (χ0n) is 10.7. The summed E-state index contributed by atoms with van der Waals surface area (Å²) < 4.78 is 48.1. The Morgan fingerprint density at radius 3 is 2.53 bits per heavy atom. The predicted molar refractivity (Wildman–Crippen MR) is 75.1 cm³/mol. The number of benzene rings is 1. The van der Waals surface area contributed by atoms with Crippen LogP contribution in [0.3, 0.4) is 0 Å². The second kappa shape index (κ2) is 4.38. The number of nitrogens with zero attached hydrogens (tertiary/aromatic N) is 1. The molecule has 0 saturated carbocycles. The molecule has 19 heavy (non-hydrogen) atoms. The Balaban J connectivity index is 2.48. The Morgan fingerprint density at radius 1 is 1.32 bits per heavy atom. The van der Waals surface area contributed by atoms with E-state index in [4.69, 9.17) is 5.73 Å². The molecule has 0 aromatic heterocycles. The van der Waals surface area contributed by atoms with Crippen molar-refractivity contribution in [2.75, 3.05) is 21.4 Å². The van der Waals surface area contributed by atoms with Crippen molar-refractivity contribution in [3.8, 4) is 0 Å². The second-order valence-electron chi connectivity index (χ2n) is 4.89. The molecule has 1 aliphatic rings. The highest BCUT2D eigenvalue weighted by Gasteiger charge is 2.36. The molecule has 1 unspecified atom stereocenters. The van der Waals surface area contributed by atoms with Gasteiger partial charge in [-0.2, -0.15) is 0 Å². The van der Waals surface area contributed by atoms with Crippen molar-refractivity contribution in [3.63, 3.8) is 0 Å². The summed E-state index contributed by atoms with van der Waals surface area (Å²) in [6, 6.07) is 4.65. The molecule has 1 heterocycles. The molecule has 8 heteroatoms. The van der Waals surface area contributed by atoms with Crippen LogP contribution < -0.4 is 10.0 Å². The second-order valence-corrected chi connectivity index (χ2v) is 9.24. The van der Waals surface area contributed by atoms with Crippen LogP contribution in [0, 0.1) is 0 Å². The molecule has 2 N–H and O–H groups in total. The molecular weight excluding hydrogens is 288 g/mol. The maximum atomic E-state index is 12.2. The van der Waals surface area contributed by atoms with Crippen LogP contribution in [0.2, 0.25) is 0 Å². The Bertz CT molecular complexity index is 710. The van der Waals surface area contributed by atoms with Gasteiger partial charge in [0, 0.05) is 18.0 Å². The highest BCUT2D eigenvalue weighted by Crippen LogP contribution is 2.35. The number of hydrogen-bond acceptors (Lipinski definition) is 5. The molecule has 0 bridgehead atoms.